The Balaban J connectivity index is 2.61. The molecule has 4 heteroatoms. The van der Waals surface area contributed by atoms with E-state index < -0.39 is 0 Å². The quantitative estimate of drug-likeness (QED) is 0.844. The fourth-order valence-corrected chi connectivity index (χ4v) is 2.80. The molecule has 0 radical (unpaired) electrons. The van der Waals surface area contributed by atoms with Crippen molar-refractivity contribution in [3.63, 3.8) is 0 Å². The first-order valence-electron chi connectivity index (χ1n) is 7.65. The van der Waals surface area contributed by atoms with E-state index in [0.29, 0.717) is 6.42 Å². The zero-order chi connectivity index (χ0) is 15.3. The molecule has 1 aliphatic carbocycles. The van der Waals surface area contributed by atoms with Gasteiger partial charge in [-0.25, -0.2) is 0 Å². The second-order valence-corrected chi connectivity index (χ2v) is 6.84. The number of amides is 1. The SMILES string of the molecule is CCC(=O)C(NC(=O)C1CCC(OC)CC1)C(C)(C)C. The summed E-state index contributed by atoms with van der Waals surface area (Å²) in [5, 5.41) is 2.98. The Morgan fingerprint density at radius 3 is 2.15 bits per heavy atom. The number of rotatable bonds is 5. The van der Waals surface area contributed by atoms with E-state index in [0.717, 1.165) is 25.7 Å². The van der Waals surface area contributed by atoms with Crippen molar-refractivity contribution in [2.24, 2.45) is 11.3 Å². The third-order valence-electron chi connectivity index (χ3n) is 4.20. The first kappa shape index (κ1) is 17.2. The highest BCUT2D eigenvalue weighted by Gasteiger charge is 2.34. The molecule has 0 heterocycles. The van der Waals surface area contributed by atoms with Crippen LogP contribution >= 0.6 is 0 Å². The summed E-state index contributed by atoms with van der Waals surface area (Å²) in [4.78, 5) is 24.4. The number of hydrogen-bond donors (Lipinski definition) is 1. The number of ether oxygens (including phenoxy) is 1. The molecule has 1 saturated carbocycles. The number of nitrogens with one attached hydrogen (secondary N) is 1. The van der Waals surface area contributed by atoms with Crippen LogP contribution in [0.4, 0.5) is 0 Å². The van der Waals surface area contributed by atoms with Crippen molar-refractivity contribution >= 4 is 11.7 Å². The Morgan fingerprint density at radius 2 is 1.75 bits per heavy atom. The van der Waals surface area contributed by atoms with Crippen molar-refractivity contribution in [3.05, 3.63) is 0 Å². The molecule has 1 fully saturated rings. The highest BCUT2D eigenvalue weighted by Crippen LogP contribution is 2.27. The minimum atomic E-state index is -0.389. The zero-order valence-electron chi connectivity index (χ0n) is 13.5. The number of ketones is 1. The van der Waals surface area contributed by atoms with Crippen molar-refractivity contribution in [2.75, 3.05) is 7.11 Å². The lowest BCUT2D eigenvalue weighted by atomic mass is 9.82. The molecule has 20 heavy (non-hydrogen) atoms. The van der Waals surface area contributed by atoms with Crippen molar-refractivity contribution in [2.45, 2.75) is 71.9 Å². The van der Waals surface area contributed by atoms with Gasteiger partial charge in [-0.3, -0.25) is 9.59 Å². The normalized spacial score (nSPS) is 25.1. The number of methoxy groups -OCH3 is 1. The van der Waals surface area contributed by atoms with Crippen LogP contribution in [0.25, 0.3) is 0 Å². The molecular weight excluding hydrogens is 254 g/mol. The zero-order valence-corrected chi connectivity index (χ0v) is 13.5. The molecule has 0 spiro atoms. The van der Waals surface area contributed by atoms with Crippen molar-refractivity contribution in [1.29, 1.82) is 0 Å². The van der Waals surface area contributed by atoms with Gasteiger partial charge in [-0.1, -0.05) is 27.7 Å². The summed E-state index contributed by atoms with van der Waals surface area (Å²) in [5.74, 6) is 0.161. The topological polar surface area (TPSA) is 55.4 Å². The molecule has 1 aliphatic rings. The first-order valence-corrected chi connectivity index (χ1v) is 7.65. The van der Waals surface area contributed by atoms with E-state index >= 15 is 0 Å². The van der Waals surface area contributed by atoms with E-state index in [2.05, 4.69) is 5.32 Å². The van der Waals surface area contributed by atoms with Gasteiger partial charge < -0.3 is 10.1 Å². The molecule has 0 saturated heterocycles. The summed E-state index contributed by atoms with van der Waals surface area (Å²) in [6.45, 7) is 7.82. The summed E-state index contributed by atoms with van der Waals surface area (Å²) >= 11 is 0. The Morgan fingerprint density at radius 1 is 1.20 bits per heavy atom. The van der Waals surface area contributed by atoms with E-state index in [9.17, 15) is 9.59 Å². The van der Waals surface area contributed by atoms with E-state index in [1.54, 1.807) is 7.11 Å². The molecule has 1 atom stereocenters. The molecule has 0 bridgehead atoms. The van der Waals surface area contributed by atoms with Gasteiger partial charge in [0.25, 0.3) is 0 Å². The van der Waals surface area contributed by atoms with Gasteiger partial charge in [0.15, 0.2) is 5.78 Å². The summed E-state index contributed by atoms with van der Waals surface area (Å²) < 4.78 is 5.32. The second kappa shape index (κ2) is 7.21. The smallest absolute Gasteiger partial charge is 0.223 e. The third kappa shape index (κ3) is 4.58. The molecule has 116 valence electrons. The van der Waals surface area contributed by atoms with Crippen LogP contribution in [0.15, 0.2) is 0 Å². The van der Waals surface area contributed by atoms with Crippen LogP contribution in [-0.4, -0.2) is 30.9 Å². The summed E-state index contributed by atoms with van der Waals surface area (Å²) in [6, 6.07) is -0.389. The van der Waals surface area contributed by atoms with E-state index in [1.165, 1.54) is 0 Å². The van der Waals surface area contributed by atoms with Gasteiger partial charge in [0.1, 0.15) is 0 Å². The predicted octanol–water partition coefficient (Wildman–Crippen LogP) is 2.70. The largest absolute Gasteiger partial charge is 0.381 e. The van der Waals surface area contributed by atoms with Crippen molar-refractivity contribution < 1.29 is 14.3 Å². The fourth-order valence-electron chi connectivity index (χ4n) is 2.80. The molecular formula is C16H29NO3. The summed E-state index contributed by atoms with van der Waals surface area (Å²) in [5.41, 5.74) is -0.244. The maximum Gasteiger partial charge on any atom is 0.223 e. The van der Waals surface area contributed by atoms with Crippen molar-refractivity contribution in [3.8, 4) is 0 Å². The van der Waals surface area contributed by atoms with Gasteiger partial charge in [-0.2, -0.15) is 0 Å². The maximum absolute atomic E-state index is 12.4. The molecule has 0 aromatic carbocycles. The highest BCUT2D eigenvalue weighted by atomic mass is 16.5. The Hall–Kier alpha value is -0.900. The molecule has 0 aliphatic heterocycles. The number of Topliss-reactive ketones (excluding diaryl/α,β-unsaturated/α-hetero) is 1. The molecule has 4 nitrogen and oxygen atoms in total. The van der Waals surface area contributed by atoms with Crippen LogP contribution in [0.1, 0.15) is 59.8 Å². The summed E-state index contributed by atoms with van der Waals surface area (Å²) in [7, 11) is 1.72. The minimum absolute atomic E-state index is 0.0240. The van der Waals surface area contributed by atoms with Gasteiger partial charge >= 0.3 is 0 Å². The molecule has 1 unspecified atom stereocenters. The second-order valence-electron chi connectivity index (χ2n) is 6.84. The lowest BCUT2D eigenvalue weighted by Gasteiger charge is -2.33. The minimum Gasteiger partial charge on any atom is -0.381 e. The van der Waals surface area contributed by atoms with Crippen LogP contribution in [0.5, 0.6) is 0 Å². The van der Waals surface area contributed by atoms with E-state index in [4.69, 9.17) is 4.74 Å². The fraction of sp³-hybridized carbons (Fsp3) is 0.875. The number of hydrogen-bond acceptors (Lipinski definition) is 3. The van der Waals surface area contributed by atoms with Gasteiger partial charge in [-0.05, 0) is 31.1 Å². The molecule has 1 rings (SSSR count). The van der Waals surface area contributed by atoms with Gasteiger partial charge in [0, 0.05) is 19.4 Å². The van der Waals surface area contributed by atoms with Crippen LogP contribution in [0.3, 0.4) is 0 Å². The number of carbonyl (C=O) groups is 2. The third-order valence-corrected chi connectivity index (χ3v) is 4.20. The lowest BCUT2D eigenvalue weighted by Crippen LogP contribution is -2.51. The molecule has 0 aromatic heterocycles. The van der Waals surface area contributed by atoms with E-state index in [1.807, 2.05) is 27.7 Å². The Bertz CT molecular complexity index is 338. The summed E-state index contributed by atoms with van der Waals surface area (Å²) in [6.07, 6.45) is 4.30. The van der Waals surface area contributed by atoms with Crippen molar-refractivity contribution in [1.82, 2.24) is 5.32 Å². The maximum atomic E-state index is 12.4. The Labute approximate surface area is 122 Å². The average Bonchev–Trinajstić information content (AvgIpc) is 2.42. The van der Waals surface area contributed by atoms with Gasteiger partial charge in [-0.15, -0.1) is 0 Å². The molecule has 0 aromatic rings. The van der Waals surface area contributed by atoms with Crippen LogP contribution in [0, 0.1) is 11.3 Å². The van der Waals surface area contributed by atoms with Crippen LogP contribution in [-0.2, 0) is 14.3 Å². The standard InChI is InChI=1S/C16H29NO3/c1-6-13(18)14(16(2,3)4)17-15(19)11-7-9-12(20-5)10-8-11/h11-12,14H,6-10H2,1-5H3,(H,17,19). The number of carbonyl (C=O) groups excluding carboxylic acids is 2. The predicted molar refractivity (Wildman–Crippen MR) is 79.4 cm³/mol. The Kier molecular flexibility index (Phi) is 6.18. The first-order chi connectivity index (χ1) is 9.29. The highest BCUT2D eigenvalue weighted by molar-refractivity contribution is 5.90. The molecule has 1 N–H and O–H groups in total. The van der Waals surface area contributed by atoms with Crippen LogP contribution < -0.4 is 5.32 Å². The van der Waals surface area contributed by atoms with Crippen LogP contribution in [0.2, 0.25) is 0 Å². The average molecular weight is 283 g/mol. The van der Waals surface area contributed by atoms with Gasteiger partial charge in [0.2, 0.25) is 5.91 Å². The monoisotopic (exact) mass is 283 g/mol. The molecule has 1 amide bonds. The lowest BCUT2D eigenvalue weighted by molar-refractivity contribution is -0.133. The van der Waals surface area contributed by atoms with Gasteiger partial charge in [0.05, 0.1) is 12.1 Å². The van der Waals surface area contributed by atoms with E-state index in [-0.39, 0.29) is 35.2 Å².